The van der Waals surface area contributed by atoms with Crippen molar-refractivity contribution in [1.82, 2.24) is 14.8 Å². The highest BCUT2D eigenvalue weighted by Crippen LogP contribution is 2.28. The van der Waals surface area contributed by atoms with E-state index in [-0.39, 0.29) is 29.5 Å². The predicted octanol–water partition coefficient (Wildman–Crippen LogP) is -0.0721. The highest BCUT2D eigenvalue weighted by Gasteiger charge is 2.47. The Balaban J connectivity index is 1.76. The Hall–Kier alpha value is -1.51. The van der Waals surface area contributed by atoms with Crippen LogP contribution in [0.2, 0.25) is 0 Å². The number of hydrogen-bond donors (Lipinski definition) is 0. The molecule has 7 nitrogen and oxygen atoms in total. The lowest BCUT2D eigenvalue weighted by molar-refractivity contribution is -0.138. The number of carbonyl (C=O) groups is 1. The number of fused-ring (bicyclic) bond motifs is 1. The topological polar surface area (TPSA) is 79.8 Å². The second-order valence-electron chi connectivity index (χ2n) is 6.33. The van der Waals surface area contributed by atoms with Crippen molar-refractivity contribution in [3.8, 4) is 0 Å². The Morgan fingerprint density at radius 3 is 2.79 bits per heavy atom. The van der Waals surface area contributed by atoms with Crippen molar-refractivity contribution in [3.05, 3.63) is 30.1 Å². The zero-order valence-electron chi connectivity index (χ0n) is 13.8. The first-order chi connectivity index (χ1) is 11.5. The quantitative estimate of drug-likeness (QED) is 0.737. The van der Waals surface area contributed by atoms with Crippen molar-refractivity contribution in [3.63, 3.8) is 0 Å². The number of pyridine rings is 1. The molecule has 3 heterocycles. The number of amides is 1. The van der Waals surface area contributed by atoms with Gasteiger partial charge in [0.2, 0.25) is 5.91 Å². The molecule has 0 radical (unpaired) electrons. The van der Waals surface area contributed by atoms with Crippen molar-refractivity contribution < 1.29 is 17.9 Å². The zero-order chi connectivity index (χ0) is 17.2. The summed E-state index contributed by atoms with van der Waals surface area (Å²) in [5.41, 5.74) is 0.916. The summed E-state index contributed by atoms with van der Waals surface area (Å²) in [6, 6.07) is 5.30. The molecule has 2 atom stereocenters. The van der Waals surface area contributed by atoms with Crippen LogP contribution in [-0.4, -0.2) is 79.5 Å². The molecule has 2 aliphatic heterocycles. The summed E-state index contributed by atoms with van der Waals surface area (Å²) in [4.78, 5) is 20.6. The third-order valence-corrected chi connectivity index (χ3v) is 6.42. The number of sulfone groups is 1. The van der Waals surface area contributed by atoms with Crippen LogP contribution in [0.1, 0.15) is 12.1 Å². The van der Waals surface area contributed by atoms with Gasteiger partial charge in [0.05, 0.1) is 36.3 Å². The van der Waals surface area contributed by atoms with Gasteiger partial charge in [-0.3, -0.25) is 14.7 Å². The van der Waals surface area contributed by atoms with Crippen LogP contribution in [0.3, 0.4) is 0 Å². The molecule has 0 aliphatic carbocycles. The predicted molar refractivity (Wildman–Crippen MR) is 89.1 cm³/mol. The fraction of sp³-hybridized carbons (Fsp3) is 0.625. The number of ether oxygens (including phenoxy) is 1. The maximum absolute atomic E-state index is 12.4. The van der Waals surface area contributed by atoms with Gasteiger partial charge in [-0.1, -0.05) is 6.07 Å². The van der Waals surface area contributed by atoms with E-state index in [0.29, 0.717) is 32.7 Å². The Bertz CT molecular complexity index is 680. The third-order valence-electron chi connectivity index (χ3n) is 4.72. The van der Waals surface area contributed by atoms with E-state index in [1.54, 1.807) is 18.2 Å². The molecule has 2 fully saturated rings. The molecule has 1 amide bonds. The van der Waals surface area contributed by atoms with Gasteiger partial charge < -0.3 is 9.64 Å². The van der Waals surface area contributed by atoms with Crippen molar-refractivity contribution in [1.29, 1.82) is 0 Å². The number of rotatable bonds is 5. The molecule has 0 aromatic carbocycles. The van der Waals surface area contributed by atoms with E-state index in [2.05, 4.69) is 9.88 Å². The minimum atomic E-state index is -3.13. The summed E-state index contributed by atoms with van der Waals surface area (Å²) in [6.45, 7) is 2.17. The molecular weight excluding hydrogens is 330 g/mol. The van der Waals surface area contributed by atoms with Crippen LogP contribution in [0, 0.1) is 0 Å². The average Bonchev–Trinajstić information content (AvgIpc) is 2.89. The molecule has 0 saturated carbocycles. The van der Waals surface area contributed by atoms with Gasteiger partial charge in [-0.15, -0.1) is 0 Å². The molecule has 1 aromatic rings. The summed E-state index contributed by atoms with van der Waals surface area (Å²) in [5.74, 6) is 0.134. The van der Waals surface area contributed by atoms with Crippen LogP contribution < -0.4 is 0 Å². The molecule has 2 aliphatic rings. The van der Waals surface area contributed by atoms with E-state index in [1.165, 1.54) is 0 Å². The molecule has 2 saturated heterocycles. The molecule has 132 valence electrons. The van der Waals surface area contributed by atoms with Crippen LogP contribution in [-0.2, 0) is 25.9 Å². The summed E-state index contributed by atoms with van der Waals surface area (Å²) in [5, 5.41) is 0. The SMILES string of the molecule is COCCC(=O)N1CCN(Cc2ccccn2)[C@@H]2CS(=O)(=O)C[C@@H]21. The second kappa shape index (κ2) is 7.16. The number of aromatic nitrogens is 1. The van der Waals surface area contributed by atoms with E-state index >= 15 is 0 Å². The van der Waals surface area contributed by atoms with E-state index in [0.717, 1.165) is 5.69 Å². The minimum Gasteiger partial charge on any atom is -0.384 e. The van der Waals surface area contributed by atoms with Gasteiger partial charge in [-0.05, 0) is 12.1 Å². The summed E-state index contributed by atoms with van der Waals surface area (Å²) in [7, 11) is -1.57. The fourth-order valence-electron chi connectivity index (χ4n) is 3.56. The molecule has 8 heteroatoms. The first kappa shape index (κ1) is 17.3. The Labute approximate surface area is 142 Å². The summed E-state index contributed by atoms with van der Waals surface area (Å²) in [6.07, 6.45) is 2.03. The molecule has 24 heavy (non-hydrogen) atoms. The first-order valence-electron chi connectivity index (χ1n) is 8.13. The Kier molecular flexibility index (Phi) is 5.17. The second-order valence-corrected chi connectivity index (χ2v) is 8.49. The largest absolute Gasteiger partial charge is 0.384 e. The van der Waals surface area contributed by atoms with Gasteiger partial charge in [-0.25, -0.2) is 8.42 Å². The number of hydrogen-bond acceptors (Lipinski definition) is 6. The highest BCUT2D eigenvalue weighted by molar-refractivity contribution is 7.91. The first-order valence-corrected chi connectivity index (χ1v) is 9.95. The minimum absolute atomic E-state index is 0.0264. The standard InChI is InChI=1S/C16H23N3O4S/c1-23-9-5-16(20)19-8-7-18(10-13-4-2-3-6-17-13)14-11-24(21,22)12-15(14)19/h2-4,6,14-15H,5,7-12H2,1H3/t14-,15+/m1/s1. The number of piperazine rings is 1. The van der Waals surface area contributed by atoms with Gasteiger partial charge in [-0.2, -0.15) is 0 Å². The van der Waals surface area contributed by atoms with Gasteiger partial charge in [0.15, 0.2) is 9.84 Å². The molecule has 0 N–H and O–H groups in total. The molecule has 0 bridgehead atoms. The number of carbonyl (C=O) groups excluding carboxylic acids is 1. The number of nitrogens with zero attached hydrogens (tertiary/aromatic N) is 3. The smallest absolute Gasteiger partial charge is 0.225 e. The van der Waals surface area contributed by atoms with Crippen LogP contribution in [0.5, 0.6) is 0 Å². The Morgan fingerprint density at radius 2 is 2.08 bits per heavy atom. The third kappa shape index (κ3) is 3.76. The molecule has 0 unspecified atom stereocenters. The normalized spacial score (nSPS) is 26.3. The lowest BCUT2D eigenvalue weighted by Gasteiger charge is -2.43. The van der Waals surface area contributed by atoms with Gasteiger partial charge in [0.25, 0.3) is 0 Å². The van der Waals surface area contributed by atoms with E-state index < -0.39 is 9.84 Å². The average molecular weight is 353 g/mol. The van der Waals surface area contributed by atoms with Crippen LogP contribution >= 0.6 is 0 Å². The maximum Gasteiger partial charge on any atom is 0.225 e. The zero-order valence-corrected chi connectivity index (χ0v) is 14.6. The van der Waals surface area contributed by atoms with Crippen LogP contribution in [0.4, 0.5) is 0 Å². The highest BCUT2D eigenvalue weighted by atomic mass is 32.2. The molecular formula is C16H23N3O4S. The summed E-state index contributed by atoms with van der Waals surface area (Å²) >= 11 is 0. The lowest BCUT2D eigenvalue weighted by Crippen LogP contribution is -2.60. The fourth-order valence-corrected chi connectivity index (χ4v) is 5.58. The number of methoxy groups -OCH3 is 1. The van der Waals surface area contributed by atoms with Crippen LogP contribution in [0.25, 0.3) is 0 Å². The molecule has 3 rings (SSSR count). The van der Waals surface area contributed by atoms with Gasteiger partial charge >= 0.3 is 0 Å². The Morgan fingerprint density at radius 1 is 1.29 bits per heavy atom. The van der Waals surface area contributed by atoms with Crippen molar-refractivity contribution in [2.45, 2.75) is 25.0 Å². The molecule has 0 spiro atoms. The van der Waals surface area contributed by atoms with E-state index in [4.69, 9.17) is 4.74 Å². The van der Waals surface area contributed by atoms with Crippen LogP contribution in [0.15, 0.2) is 24.4 Å². The van der Waals surface area contributed by atoms with E-state index in [1.807, 2.05) is 18.2 Å². The van der Waals surface area contributed by atoms with Crippen molar-refractivity contribution in [2.75, 3.05) is 38.3 Å². The van der Waals surface area contributed by atoms with E-state index in [9.17, 15) is 13.2 Å². The maximum atomic E-state index is 12.4. The van der Waals surface area contributed by atoms with Crippen molar-refractivity contribution >= 4 is 15.7 Å². The monoisotopic (exact) mass is 353 g/mol. The lowest BCUT2D eigenvalue weighted by atomic mass is 10.0. The van der Waals surface area contributed by atoms with Crippen molar-refractivity contribution in [2.24, 2.45) is 0 Å². The molecule has 1 aromatic heterocycles. The van der Waals surface area contributed by atoms with Gasteiger partial charge in [0.1, 0.15) is 0 Å². The summed E-state index contributed by atoms with van der Waals surface area (Å²) < 4.78 is 29.3. The van der Waals surface area contributed by atoms with Gasteiger partial charge in [0, 0.05) is 39.0 Å².